The molecule has 0 aliphatic heterocycles. The minimum atomic E-state index is -0.544. The Labute approximate surface area is 144 Å². The molecular formula is C17H18N4O4. The summed E-state index contributed by atoms with van der Waals surface area (Å²) in [6, 6.07) is 8.76. The van der Waals surface area contributed by atoms with Crippen LogP contribution in [0.3, 0.4) is 0 Å². The monoisotopic (exact) mass is 342 g/mol. The van der Waals surface area contributed by atoms with Gasteiger partial charge < -0.3 is 14.6 Å². The second-order valence-electron chi connectivity index (χ2n) is 5.14. The summed E-state index contributed by atoms with van der Waals surface area (Å²) in [5.41, 5.74) is 0.194. The van der Waals surface area contributed by atoms with Gasteiger partial charge in [0.2, 0.25) is 5.88 Å². The van der Waals surface area contributed by atoms with Crippen molar-refractivity contribution in [2.45, 2.75) is 13.5 Å². The first-order chi connectivity index (χ1) is 12.0. The van der Waals surface area contributed by atoms with Crippen molar-refractivity contribution in [1.82, 2.24) is 4.57 Å². The van der Waals surface area contributed by atoms with E-state index in [1.165, 1.54) is 14.2 Å². The van der Waals surface area contributed by atoms with Crippen molar-refractivity contribution in [2.75, 3.05) is 20.8 Å². The van der Waals surface area contributed by atoms with Gasteiger partial charge in [0.15, 0.2) is 5.69 Å². The zero-order valence-corrected chi connectivity index (χ0v) is 14.2. The standard InChI is InChI=1S/C17H18N4O4/c1-11-14(10-18)16(22)21(7-8-24-2)17(23)15(11)20-19-12-5-4-6-13(9-12)25-3/h4-6,9,22H,7-8H2,1-3H3. The number of pyridine rings is 1. The van der Waals surface area contributed by atoms with Crippen LogP contribution in [0.2, 0.25) is 0 Å². The third-order valence-electron chi connectivity index (χ3n) is 3.61. The topological polar surface area (TPSA) is 109 Å². The summed E-state index contributed by atoms with van der Waals surface area (Å²) in [6.45, 7) is 1.84. The van der Waals surface area contributed by atoms with E-state index in [1.54, 1.807) is 31.2 Å². The smallest absolute Gasteiger partial charge is 0.281 e. The molecule has 0 aliphatic rings. The largest absolute Gasteiger partial charge is 0.497 e. The molecule has 1 N–H and O–H groups in total. The van der Waals surface area contributed by atoms with Crippen LogP contribution in [-0.2, 0) is 11.3 Å². The molecular weight excluding hydrogens is 324 g/mol. The second-order valence-corrected chi connectivity index (χ2v) is 5.14. The molecule has 1 aromatic carbocycles. The Kier molecular flexibility index (Phi) is 5.87. The van der Waals surface area contributed by atoms with Crippen LogP contribution in [-0.4, -0.2) is 30.5 Å². The lowest BCUT2D eigenvalue weighted by Crippen LogP contribution is -2.23. The van der Waals surface area contributed by atoms with Gasteiger partial charge in [0, 0.05) is 18.7 Å². The van der Waals surface area contributed by atoms with Crippen molar-refractivity contribution < 1.29 is 14.6 Å². The van der Waals surface area contributed by atoms with E-state index in [4.69, 9.17) is 9.47 Å². The van der Waals surface area contributed by atoms with Crippen LogP contribution in [0.5, 0.6) is 11.6 Å². The zero-order chi connectivity index (χ0) is 18.4. The quantitative estimate of drug-likeness (QED) is 0.812. The molecule has 0 saturated carbocycles. The highest BCUT2D eigenvalue weighted by molar-refractivity contribution is 5.56. The van der Waals surface area contributed by atoms with Gasteiger partial charge in [-0.25, -0.2) is 0 Å². The lowest BCUT2D eigenvalue weighted by molar-refractivity contribution is 0.182. The van der Waals surface area contributed by atoms with Crippen molar-refractivity contribution >= 4 is 11.4 Å². The Morgan fingerprint density at radius 2 is 2.08 bits per heavy atom. The van der Waals surface area contributed by atoms with E-state index in [1.807, 2.05) is 6.07 Å². The SMILES string of the molecule is COCCn1c(O)c(C#N)c(C)c(N=Nc2cccc(OC)c2)c1=O. The molecule has 0 bridgehead atoms. The number of hydrogen-bond acceptors (Lipinski definition) is 7. The predicted molar refractivity (Wildman–Crippen MR) is 90.9 cm³/mol. The maximum absolute atomic E-state index is 12.6. The second kappa shape index (κ2) is 8.08. The van der Waals surface area contributed by atoms with Gasteiger partial charge in [-0.3, -0.25) is 9.36 Å². The van der Waals surface area contributed by atoms with Gasteiger partial charge in [-0.2, -0.15) is 10.4 Å². The Balaban J connectivity index is 2.54. The number of benzene rings is 1. The predicted octanol–water partition coefficient (Wildman–Crippen LogP) is 2.80. The molecule has 1 aromatic heterocycles. The lowest BCUT2D eigenvalue weighted by Gasteiger charge is -2.12. The van der Waals surface area contributed by atoms with Crippen molar-refractivity contribution in [2.24, 2.45) is 10.2 Å². The van der Waals surface area contributed by atoms with Crippen molar-refractivity contribution in [1.29, 1.82) is 5.26 Å². The molecule has 0 amide bonds. The van der Waals surface area contributed by atoms with Crippen molar-refractivity contribution in [3.63, 3.8) is 0 Å². The van der Waals surface area contributed by atoms with E-state index in [9.17, 15) is 15.2 Å². The first-order valence-corrected chi connectivity index (χ1v) is 7.44. The summed E-state index contributed by atoms with van der Waals surface area (Å²) in [4.78, 5) is 12.6. The highest BCUT2D eigenvalue weighted by Gasteiger charge is 2.18. The van der Waals surface area contributed by atoms with Crippen molar-refractivity contribution in [3.8, 4) is 17.7 Å². The molecule has 2 aromatic rings. The van der Waals surface area contributed by atoms with Crippen LogP contribution in [0.15, 0.2) is 39.3 Å². The van der Waals surface area contributed by atoms with E-state index in [-0.39, 0.29) is 30.0 Å². The molecule has 0 fully saturated rings. The van der Waals surface area contributed by atoms with Crippen LogP contribution >= 0.6 is 0 Å². The third kappa shape index (κ3) is 3.84. The molecule has 0 saturated heterocycles. The lowest BCUT2D eigenvalue weighted by atomic mass is 10.1. The van der Waals surface area contributed by atoms with Crippen LogP contribution in [0.25, 0.3) is 0 Å². The summed E-state index contributed by atoms with van der Waals surface area (Å²) < 4.78 is 11.1. The molecule has 8 heteroatoms. The maximum Gasteiger partial charge on any atom is 0.281 e. The molecule has 2 rings (SSSR count). The van der Waals surface area contributed by atoms with Crippen LogP contribution < -0.4 is 10.3 Å². The fraction of sp³-hybridized carbons (Fsp3) is 0.294. The highest BCUT2D eigenvalue weighted by Crippen LogP contribution is 2.27. The number of methoxy groups -OCH3 is 2. The van der Waals surface area contributed by atoms with E-state index in [2.05, 4.69) is 10.2 Å². The number of nitriles is 1. The van der Waals surface area contributed by atoms with E-state index < -0.39 is 11.4 Å². The van der Waals surface area contributed by atoms with Gasteiger partial charge >= 0.3 is 0 Å². The number of nitrogens with zero attached hydrogens (tertiary/aromatic N) is 4. The molecule has 8 nitrogen and oxygen atoms in total. The van der Waals surface area contributed by atoms with E-state index >= 15 is 0 Å². The van der Waals surface area contributed by atoms with Gasteiger partial charge in [0.1, 0.15) is 17.4 Å². The Morgan fingerprint density at radius 3 is 2.72 bits per heavy atom. The van der Waals surface area contributed by atoms with Gasteiger partial charge in [-0.15, -0.1) is 5.11 Å². The fourth-order valence-corrected chi connectivity index (χ4v) is 2.23. The van der Waals surface area contributed by atoms with E-state index in [0.29, 0.717) is 11.4 Å². The average Bonchev–Trinajstić information content (AvgIpc) is 2.62. The summed E-state index contributed by atoms with van der Waals surface area (Å²) in [5.74, 6) is 0.205. The molecule has 0 spiro atoms. The number of aromatic hydroxyl groups is 1. The normalized spacial score (nSPS) is 10.8. The Morgan fingerprint density at radius 1 is 1.32 bits per heavy atom. The minimum Gasteiger partial charge on any atom is -0.497 e. The number of rotatable bonds is 6. The molecule has 0 unspecified atom stereocenters. The number of azo groups is 1. The maximum atomic E-state index is 12.6. The number of aromatic nitrogens is 1. The Bertz CT molecular complexity index is 897. The van der Waals surface area contributed by atoms with Crippen LogP contribution in [0, 0.1) is 18.3 Å². The molecule has 0 aliphatic carbocycles. The minimum absolute atomic E-state index is 0.00623. The average molecular weight is 342 g/mol. The third-order valence-corrected chi connectivity index (χ3v) is 3.61. The van der Waals surface area contributed by atoms with Crippen LogP contribution in [0.1, 0.15) is 11.1 Å². The molecule has 130 valence electrons. The molecule has 0 radical (unpaired) electrons. The first kappa shape index (κ1) is 18.2. The van der Waals surface area contributed by atoms with E-state index in [0.717, 1.165) is 4.57 Å². The summed E-state index contributed by atoms with van der Waals surface area (Å²) >= 11 is 0. The zero-order valence-electron chi connectivity index (χ0n) is 14.2. The van der Waals surface area contributed by atoms with Crippen LogP contribution in [0.4, 0.5) is 11.4 Å². The number of ether oxygens (including phenoxy) is 2. The molecule has 25 heavy (non-hydrogen) atoms. The van der Waals surface area contributed by atoms with Gasteiger partial charge in [0.25, 0.3) is 5.56 Å². The van der Waals surface area contributed by atoms with Crippen molar-refractivity contribution in [3.05, 3.63) is 45.7 Å². The fourth-order valence-electron chi connectivity index (χ4n) is 2.23. The summed E-state index contributed by atoms with van der Waals surface area (Å²) in [6.07, 6.45) is 0. The molecule has 1 heterocycles. The van der Waals surface area contributed by atoms with Gasteiger partial charge in [-0.1, -0.05) is 6.07 Å². The van der Waals surface area contributed by atoms with Gasteiger partial charge in [0.05, 0.1) is 25.9 Å². The first-order valence-electron chi connectivity index (χ1n) is 7.44. The number of hydrogen-bond donors (Lipinski definition) is 1. The Hall–Kier alpha value is -3.18. The molecule has 0 atom stereocenters. The summed E-state index contributed by atoms with van der Waals surface area (Å²) in [5, 5.41) is 27.5. The summed E-state index contributed by atoms with van der Waals surface area (Å²) in [7, 11) is 3.01. The van der Waals surface area contributed by atoms with Gasteiger partial charge in [-0.05, 0) is 19.1 Å². The highest BCUT2D eigenvalue weighted by atomic mass is 16.5.